The van der Waals surface area contributed by atoms with Crippen LogP contribution in [0, 0.1) is 0 Å². The molecule has 170 valence electrons. The van der Waals surface area contributed by atoms with Gasteiger partial charge in [-0.25, -0.2) is 8.42 Å². The van der Waals surface area contributed by atoms with E-state index >= 15 is 0 Å². The number of rotatable bonds is 8. The fourth-order valence-electron chi connectivity index (χ4n) is 3.39. The summed E-state index contributed by atoms with van der Waals surface area (Å²) in [6.07, 6.45) is 2.82. The molecule has 1 amide bonds. The standard InChI is InChI=1S/C21H24N4O4S3/c1-24(14-17-8-6-12-30-17)19(26)15-31-21-23-22-20(29-21)16-7-5-9-18(13-16)32(27,28)25-10-3-2-4-11-25/h5-9,12-13H,2-4,10-11,14-15H2,1H3. The average Bonchev–Trinajstić information content (AvgIpc) is 3.50. The van der Waals surface area contributed by atoms with Crippen LogP contribution in [0.15, 0.2) is 56.3 Å². The third-order valence-corrected chi connectivity index (χ3v) is 8.72. The van der Waals surface area contributed by atoms with Crippen LogP contribution in [0.1, 0.15) is 24.1 Å². The molecular weight excluding hydrogens is 468 g/mol. The quantitative estimate of drug-likeness (QED) is 0.442. The molecule has 0 spiro atoms. The van der Waals surface area contributed by atoms with E-state index in [-0.39, 0.29) is 27.7 Å². The maximum Gasteiger partial charge on any atom is 0.277 e. The number of amides is 1. The van der Waals surface area contributed by atoms with Crippen LogP contribution in [0.4, 0.5) is 0 Å². The molecule has 32 heavy (non-hydrogen) atoms. The van der Waals surface area contributed by atoms with Gasteiger partial charge in [0.2, 0.25) is 21.8 Å². The fraction of sp³-hybridized carbons (Fsp3) is 0.381. The highest BCUT2D eigenvalue weighted by molar-refractivity contribution is 7.99. The Morgan fingerprint density at radius 3 is 2.75 bits per heavy atom. The normalized spacial score (nSPS) is 15.0. The maximum atomic E-state index is 12.9. The number of piperidine rings is 1. The number of thioether (sulfide) groups is 1. The predicted octanol–water partition coefficient (Wildman–Crippen LogP) is 3.72. The molecule has 0 atom stereocenters. The second kappa shape index (κ2) is 10.2. The minimum Gasteiger partial charge on any atom is -0.411 e. The number of carbonyl (C=O) groups is 1. The zero-order valence-electron chi connectivity index (χ0n) is 17.6. The molecule has 3 aromatic rings. The van der Waals surface area contributed by atoms with Crippen molar-refractivity contribution in [1.29, 1.82) is 0 Å². The van der Waals surface area contributed by atoms with Crippen molar-refractivity contribution < 1.29 is 17.6 Å². The van der Waals surface area contributed by atoms with Gasteiger partial charge in [0, 0.05) is 30.6 Å². The van der Waals surface area contributed by atoms with Gasteiger partial charge in [-0.1, -0.05) is 30.3 Å². The van der Waals surface area contributed by atoms with Crippen LogP contribution < -0.4 is 0 Å². The second-order valence-electron chi connectivity index (χ2n) is 7.48. The smallest absolute Gasteiger partial charge is 0.277 e. The summed E-state index contributed by atoms with van der Waals surface area (Å²) in [6, 6.07) is 10.5. The number of sulfonamides is 1. The third kappa shape index (κ3) is 5.40. The van der Waals surface area contributed by atoms with Gasteiger partial charge < -0.3 is 9.32 Å². The number of hydrogen-bond acceptors (Lipinski definition) is 8. The molecule has 0 radical (unpaired) electrons. The Morgan fingerprint density at radius 2 is 2.00 bits per heavy atom. The van der Waals surface area contributed by atoms with Gasteiger partial charge in [-0.3, -0.25) is 4.79 Å². The molecule has 0 N–H and O–H groups in total. The number of carbonyl (C=O) groups excluding carboxylic acids is 1. The summed E-state index contributed by atoms with van der Waals surface area (Å²) in [5, 5.41) is 10.3. The van der Waals surface area contributed by atoms with Gasteiger partial charge in [0.15, 0.2) is 0 Å². The van der Waals surface area contributed by atoms with E-state index in [2.05, 4.69) is 10.2 Å². The number of aromatic nitrogens is 2. The van der Waals surface area contributed by atoms with Crippen molar-refractivity contribution in [3.8, 4) is 11.5 Å². The van der Waals surface area contributed by atoms with Gasteiger partial charge in [0.25, 0.3) is 5.22 Å². The van der Waals surface area contributed by atoms with Gasteiger partial charge in [-0.2, -0.15) is 4.31 Å². The Balaban J connectivity index is 1.40. The number of hydrogen-bond donors (Lipinski definition) is 0. The van der Waals surface area contributed by atoms with Crippen molar-refractivity contribution in [3.63, 3.8) is 0 Å². The lowest BCUT2D eigenvalue weighted by Gasteiger charge is -2.25. The van der Waals surface area contributed by atoms with E-state index in [1.165, 1.54) is 4.31 Å². The maximum absolute atomic E-state index is 12.9. The lowest BCUT2D eigenvalue weighted by atomic mass is 10.2. The first-order valence-electron chi connectivity index (χ1n) is 10.3. The summed E-state index contributed by atoms with van der Waals surface area (Å²) in [5.41, 5.74) is 0.531. The lowest BCUT2D eigenvalue weighted by Crippen LogP contribution is -2.35. The van der Waals surface area contributed by atoms with E-state index in [1.54, 1.807) is 47.5 Å². The van der Waals surface area contributed by atoms with E-state index in [9.17, 15) is 13.2 Å². The van der Waals surface area contributed by atoms with E-state index in [0.29, 0.717) is 25.2 Å². The van der Waals surface area contributed by atoms with Crippen LogP contribution in [0.3, 0.4) is 0 Å². The molecule has 0 saturated carbocycles. The topological polar surface area (TPSA) is 96.6 Å². The summed E-state index contributed by atoms with van der Waals surface area (Å²) in [5.74, 6) is 0.354. The molecule has 0 unspecified atom stereocenters. The predicted molar refractivity (Wildman–Crippen MR) is 124 cm³/mol. The molecule has 0 aliphatic carbocycles. The fourth-order valence-corrected chi connectivity index (χ4v) is 6.41. The van der Waals surface area contributed by atoms with Gasteiger partial charge in [-0.05, 0) is 42.5 Å². The van der Waals surface area contributed by atoms with Crippen molar-refractivity contribution >= 4 is 39.0 Å². The van der Waals surface area contributed by atoms with Crippen LogP contribution in [0.2, 0.25) is 0 Å². The molecule has 1 aromatic carbocycles. The molecular formula is C21H24N4O4S3. The van der Waals surface area contributed by atoms with Crippen LogP contribution in [-0.4, -0.2) is 59.6 Å². The molecule has 1 saturated heterocycles. The molecule has 11 heteroatoms. The van der Waals surface area contributed by atoms with Gasteiger partial charge >= 0.3 is 0 Å². The zero-order valence-corrected chi connectivity index (χ0v) is 20.1. The Labute approximate surface area is 195 Å². The first kappa shape index (κ1) is 23.0. The number of benzene rings is 1. The van der Waals surface area contributed by atoms with Crippen molar-refractivity contribution in [3.05, 3.63) is 46.7 Å². The zero-order chi connectivity index (χ0) is 22.6. The Bertz CT molecular complexity index is 1160. The second-order valence-corrected chi connectivity index (χ2v) is 11.4. The molecule has 1 aliphatic heterocycles. The number of thiophene rings is 1. The van der Waals surface area contributed by atoms with Crippen LogP contribution in [-0.2, 0) is 21.4 Å². The average molecular weight is 493 g/mol. The van der Waals surface area contributed by atoms with E-state index in [0.717, 1.165) is 35.9 Å². The summed E-state index contributed by atoms with van der Waals surface area (Å²) < 4.78 is 33.1. The molecule has 1 aliphatic rings. The molecule has 2 aromatic heterocycles. The molecule has 0 bridgehead atoms. The summed E-state index contributed by atoms with van der Waals surface area (Å²) in [6.45, 7) is 1.65. The van der Waals surface area contributed by atoms with Crippen molar-refractivity contribution in [1.82, 2.24) is 19.4 Å². The van der Waals surface area contributed by atoms with E-state index in [1.807, 2.05) is 17.5 Å². The van der Waals surface area contributed by atoms with Crippen molar-refractivity contribution in [2.75, 3.05) is 25.9 Å². The largest absolute Gasteiger partial charge is 0.411 e. The highest BCUT2D eigenvalue weighted by Gasteiger charge is 2.26. The Hall–Kier alpha value is -2.21. The molecule has 3 heterocycles. The monoisotopic (exact) mass is 492 g/mol. The first-order chi connectivity index (χ1) is 15.4. The third-order valence-electron chi connectivity index (χ3n) is 5.16. The summed E-state index contributed by atoms with van der Waals surface area (Å²) in [7, 11) is -1.79. The molecule has 1 fully saturated rings. The van der Waals surface area contributed by atoms with Gasteiger partial charge in [0.1, 0.15) is 0 Å². The molecule has 4 rings (SSSR count). The van der Waals surface area contributed by atoms with Gasteiger partial charge in [-0.15, -0.1) is 21.5 Å². The SMILES string of the molecule is CN(Cc1cccs1)C(=O)CSc1nnc(-c2cccc(S(=O)(=O)N3CCCCC3)c2)o1. The van der Waals surface area contributed by atoms with Gasteiger partial charge in [0.05, 0.1) is 17.2 Å². The number of nitrogens with zero attached hydrogens (tertiary/aromatic N) is 4. The van der Waals surface area contributed by atoms with E-state index < -0.39 is 10.0 Å². The summed E-state index contributed by atoms with van der Waals surface area (Å²) in [4.78, 5) is 15.4. The Kier molecular flexibility index (Phi) is 7.29. The van der Waals surface area contributed by atoms with Crippen LogP contribution in [0.5, 0.6) is 0 Å². The van der Waals surface area contributed by atoms with Crippen LogP contribution >= 0.6 is 23.1 Å². The highest BCUT2D eigenvalue weighted by Crippen LogP contribution is 2.27. The molecule has 8 nitrogen and oxygen atoms in total. The first-order valence-corrected chi connectivity index (χ1v) is 13.6. The van der Waals surface area contributed by atoms with Crippen molar-refractivity contribution in [2.24, 2.45) is 0 Å². The Morgan fingerprint density at radius 1 is 1.19 bits per heavy atom. The lowest BCUT2D eigenvalue weighted by molar-refractivity contribution is -0.127. The highest BCUT2D eigenvalue weighted by atomic mass is 32.2. The van der Waals surface area contributed by atoms with E-state index in [4.69, 9.17) is 4.42 Å². The van der Waals surface area contributed by atoms with Crippen molar-refractivity contribution in [2.45, 2.75) is 35.9 Å². The van der Waals surface area contributed by atoms with Crippen LogP contribution in [0.25, 0.3) is 11.5 Å². The minimum absolute atomic E-state index is 0.0437. The minimum atomic E-state index is -3.55. The summed E-state index contributed by atoms with van der Waals surface area (Å²) >= 11 is 2.77.